The Morgan fingerprint density at radius 3 is 2.45 bits per heavy atom. The summed E-state index contributed by atoms with van der Waals surface area (Å²) in [5, 5.41) is 12.1. The topological polar surface area (TPSA) is 72.9 Å². The highest BCUT2D eigenvalue weighted by Crippen LogP contribution is 2.22. The molecule has 2 fully saturated rings. The fourth-order valence-electron chi connectivity index (χ4n) is 3.02. The van der Waals surface area contributed by atoms with Gasteiger partial charge in [-0.15, -0.1) is 0 Å². The first-order chi connectivity index (χ1) is 9.51. The van der Waals surface area contributed by atoms with E-state index in [2.05, 4.69) is 10.2 Å². The van der Waals surface area contributed by atoms with Crippen LogP contribution in [0.3, 0.4) is 0 Å². The van der Waals surface area contributed by atoms with Crippen LogP contribution in [-0.4, -0.2) is 71.6 Å². The minimum atomic E-state index is -0.762. The number of hydrogen-bond donors (Lipinski definition) is 2. The molecule has 2 rings (SSSR count). The molecule has 2 heterocycles. The average molecular weight is 283 g/mol. The summed E-state index contributed by atoms with van der Waals surface area (Å²) in [6.07, 6.45) is 3.33. The van der Waals surface area contributed by atoms with Gasteiger partial charge in [-0.3, -0.25) is 14.5 Å². The first-order valence-corrected chi connectivity index (χ1v) is 7.50. The van der Waals surface area contributed by atoms with Crippen molar-refractivity contribution >= 4 is 11.9 Å². The van der Waals surface area contributed by atoms with E-state index in [-0.39, 0.29) is 12.3 Å². The predicted octanol–water partition coefficient (Wildman–Crippen LogP) is 0.138. The van der Waals surface area contributed by atoms with E-state index in [1.807, 2.05) is 11.8 Å². The average Bonchev–Trinajstić information content (AvgIpc) is 2.45. The van der Waals surface area contributed by atoms with Crippen molar-refractivity contribution in [1.82, 2.24) is 15.1 Å². The molecule has 0 aromatic carbocycles. The Morgan fingerprint density at radius 2 is 1.90 bits per heavy atom. The number of piperazine rings is 1. The maximum absolute atomic E-state index is 12.6. The molecule has 20 heavy (non-hydrogen) atoms. The van der Waals surface area contributed by atoms with E-state index in [4.69, 9.17) is 5.11 Å². The summed E-state index contributed by atoms with van der Waals surface area (Å²) in [5.41, 5.74) is -0.401. The van der Waals surface area contributed by atoms with Crippen LogP contribution in [0.15, 0.2) is 0 Å². The van der Waals surface area contributed by atoms with Crippen LogP contribution in [0.5, 0.6) is 0 Å². The van der Waals surface area contributed by atoms with Crippen LogP contribution in [0, 0.1) is 0 Å². The fraction of sp³-hybridized carbons (Fsp3) is 0.857. The molecule has 114 valence electrons. The van der Waals surface area contributed by atoms with Crippen molar-refractivity contribution in [2.45, 2.75) is 38.1 Å². The molecule has 0 saturated carbocycles. The summed E-state index contributed by atoms with van der Waals surface area (Å²) >= 11 is 0. The Labute approximate surface area is 120 Å². The van der Waals surface area contributed by atoms with Crippen molar-refractivity contribution in [2.75, 3.05) is 39.3 Å². The normalized spacial score (nSPS) is 28.4. The Kier molecular flexibility index (Phi) is 4.99. The maximum atomic E-state index is 12.6. The second-order valence-electron chi connectivity index (χ2n) is 5.99. The van der Waals surface area contributed by atoms with Crippen LogP contribution in [0.4, 0.5) is 0 Å². The number of carbonyl (C=O) groups is 2. The SMILES string of the molecule is CC1(C(=O)N2CCN(CCC(=O)O)CC2)CCCCN1. The molecule has 0 spiro atoms. The summed E-state index contributed by atoms with van der Waals surface area (Å²) in [5.74, 6) is -0.558. The lowest BCUT2D eigenvalue weighted by Crippen LogP contribution is -2.61. The number of amides is 1. The van der Waals surface area contributed by atoms with E-state index in [0.717, 1.165) is 38.9 Å². The number of aliphatic carboxylic acids is 1. The van der Waals surface area contributed by atoms with Gasteiger partial charge in [-0.2, -0.15) is 0 Å². The Bertz CT molecular complexity index is 359. The van der Waals surface area contributed by atoms with Crippen molar-refractivity contribution in [2.24, 2.45) is 0 Å². The molecular weight excluding hydrogens is 258 g/mol. The number of hydrogen-bond acceptors (Lipinski definition) is 4. The largest absolute Gasteiger partial charge is 0.481 e. The molecule has 0 aromatic rings. The maximum Gasteiger partial charge on any atom is 0.304 e. The van der Waals surface area contributed by atoms with Crippen LogP contribution in [0.2, 0.25) is 0 Å². The molecular formula is C14H25N3O3. The fourth-order valence-corrected chi connectivity index (χ4v) is 3.02. The van der Waals surface area contributed by atoms with E-state index in [1.54, 1.807) is 0 Å². The van der Waals surface area contributed by atoms with E-state index < -0.39 is 11.5 Å². The lowest BCUT2D eigenvalue weighted by molar-refractivity contribution is -0.141. The van der Waals surface area contributed by atoms with E-state index in [1.165, 1.54) is 0 Å². The van der Waals surface area contributed by atoms with Gasteiger partial charge in [0.2, 0.25) is 5.91 Å². The lowest BCUT2D eigenvalue weighted by atomic mass is 9.89. The second-order valence-corrected chi connectivity index (χ2v) is 5.99. The molecule has 2 saturated heterocycles. The molecule has 2 aliphatic heterocycles. The molecule has 1 atom stereocenters. The van der Waals surface area contributed by atoms with Crippen LogP contribution >= 0.6 is 0 Å². The number of rotatable bonds is 4. The minimum absolute atomic E-state index is 0.174. The van der Waals surface area contributed by atoms with Gasteiger partial charge >= 0.3 is 5.97 Å². The molecule has 2 aliphatic rings. The van der Waals surface area contributed by atoms with Crippen LogP contribution < -0.4 is 5.32 Å². The van der Waals surface area contributed by atoms with Gasteiger partial charge in [0, 0.05) is 32.7 Å². The molecule has 1 unspecified atom stereocenters. The standard InChI is InChI=1S/C14H25N3O3/c1-14(5-2-3-6-15-14)13(20)17-10-8-16(9-11-17)7-4-12(18)19/h15H,2-11H2,1H3,(H,18,19). The van der Waals surface area contributed by atoms with Crippen molar-refractivity contribution in [3.05, 3.63) is 0 Å². The Morgan fingerprint density at radius 1 is 1.20 bits per heavy atom. The zero-order valence-electron chi connectivity index (χ0n) is 12.2. The highest BCUT2D eigenvalue weighted by Gasteiger charge is 2.38. The summed E-state index contributed by atoms with van der Waals surface area (Å²) in [7, 11) is 0. The van der Waals surface area contributed by atoms with Gasteiger partial charge in [-0.1, -0.05) is 0 Å². The van der Waals surface area contributed by atoms with Crippen molar-refractivity contribution < 1.29 is 14.7 Å². The summed E-state index contributed by atoms with van der Waals surface area (Å²) in [6, 6.07) is 0. The third-order valence-electron chi connectivity index (χ3n) is 4.39. The second kappa shape index (κ2) is 6.54. The first-order valence-electron chi connectivity index (χ1n) is 7.50. The van der Waals surface area contributed by atoms with Crippen LogP contribution in [0.1, 0.15) is 32.6 Å². The number of nitrogens with zero attached hydrogens (tertiary/aromatic N) is 2. The predicted molar refractivity (Wildman–Crippen MR) is 75.5 cm³/mol. The zero-order chi connectivity index (χ0) is 14.6. The quantitative estimate of drug-likeness (QED) is 0.768. The number of carbonyl (C=O) groups excluding carboxylic acids is 1. The molecule has 0 aliphatic carbocycles. The van der Waals surface area contributed by atoms with Crippen molar-refractivity contribution in [3.8, 4) is 0 Å². The van der Waals surface area contributed by atoms with Crippen LogP contribution in [0.25, 0.3) is 0 Å². The van der Waals surface area contributed by atoms with Crippen molar-refractivity contribution in [1.29, 1.82) is 0 Å². The van der Waals surface area contributed by atoms with Crippen molar-refractivity contribution in [3.63, 3.8) is 0 Å². The number of carboxylic acids is 1. The summed E-state index contributed by atoms with van der Waals surface area (Å²) in [4.78, 5) is 27.2. The van der Waals surface area contributed by atoms with Gasteiger partial charge in [-0.25, -0.2) is 0 Å². The molecule has 1 amide bonds. The minimum Gasteiger partial charge on any atom is -0.481 e. The van der Waals surface area contributed by atoms with Gasteiger partial charge < -0.3 is 15.3 Å². The Balaban J connectivity index is 1.81. The molecule has 6 nitrogen and oxygen atoms in total. The third kappa shape index (κ3) is 3.70. The molecule has 6 heteroatoms. The zero-order valence-corrected chi connectivity index (χ0v) is 12.2. The van der Waals surface area contributed by atoms with Crippen LogP contribution in [-0.2, 0) is 9.59 Å². The first kappa shape index (κ1) is 15.3. The van der Waals surface area contributed by atoms with Gasteiger partial charge in [-0.05, 0) is 32.7 Å². The Hall–Kier alpha value is -1.14. The van der Waals surface area contributed by atoms with E-state index in [0.29, 0.717) is 19.6 Å². The molecule has 0 bridgehead atoms. The van der Waals surface area contributed by atoms with Gasteiger partial charge in [0.15, 0.2) is 0 Å². The van der Waals surface area contributed by atoms with Gasteiger partial charge in [0.25, 0.3) is 0 Å². The van der Waals surface area contributed by atoms with Gasteiger partial charge in [0.1, 0.15) is 0 Å². The highest BCUT2D eigenvalue weighted by atomic mass is 16.4. The van der Waals surface area contributed by atoms with E-state index in [9.17, 15) is 9.59 Å². The summed E-state index contributed by atoms with van der Waals surface area (Å²) in [6.45, 7) is 6.45. The molecule has 0 radical (unpaired) electrons. The number of piperidine rings is 1. The number of nitrogens with one attached hydrogen (secondary N) is 1. The molecule has 2 N–H and O–H groups in total. The van der Waals surface area contributed by atoms with E-state index >= 15 is 0 Å². The van der Waals surface area contributed by atoms with Gasteiger partial charge in [0.05, 0.1) is 12.0 Å². The smallest absolute Gasteiger partial charge is 0.304 e. The third-order valence-corrected chi connectivity index (χ3v) is 4.39. The summed E-state index contributed by atoms with van der Waals surface area (Å²) < 4.78 is 0. The molecule has 0 aromatic heterocycles. The monoisotopic (exact) mass is 283 g/mol. The lowest BCUT2D eigenvalue weighted by Gasteiger charge is -2.41. The highest BCUT2D eigenvalue weighted by molar-refractivity contribution is 5.86. The number of carboxylic acid groups (broad SMARTS) is 1.